The van der Waals surface area contributed by atoms with Crippen molar-refractivity contribution in [2.24, 2.45) is 0 Å². The summed E-state index contributed by atoms with van der Waals surface area (Å²) in [6, 6.07) is 4.83. The first kappa shape index (κ1) is 27.1. The first-order valence-electron chi connectivity index (χ1n) is 11.5. The van der Waals surface area contributed by atoms with Gasteiger partial charge >= 0.3 is 12.1 Å². The SMILES string of the molecule is CC(C)(C)OC(=O)N[C@@H](CC[C@@H](CC1(c2ccccn2)CCC1)[S-](=N)=O)C(=O)OC(C)(C)C. The number of rotatable bonds is 9. The van der Waals surface area contributed by atoms with Crippen molar-refractivity contribution in [1.82, 2.24) is 10.3 Å². The van der Waals surface area contributed by atoms with Crippen LogP contribution in [-0.4, -0.2) is 39.5 Å². The molecule has 0 aromatic carbocycles. The Bertz CT molecular complexity index is 876. The number of nitrogens with one attached hydrogen (secondary N) is 2. The number of hydrogen-bond donors (Lipinski definition) is 2. The topological polar surface area (TPSA) is 118 Å². The maximum absolute atomic E-state index is 12.8. The third-order valence-corrected chi connectivity index (χ3v) is 6.61. The Labute approximate surface area is 199 Å². The van der Waals surface area contributed by atoms with Crippen LogP contribution in [-0.2, 0) is 34.5 Å². The Balaban J connectivity index is 2.14. The number of ether oxygens (including phenoxy) is 2. The molecule has 8 nitrogen and oxygen atoms in total. The molecule has 9 heteroatoms. The van der Waals surface area contributed by atoms with Crippen molar-refractivity contribution in [1.29, 1.82) is 4.78 Å². The molecule has 0 bridgehead atoms. The minimum absolute atomic E-state index is 0.192. The van der Waals surface area contributed by atoms with E-state index in [0.29, 0.717) is 12.8 Å². The highest BCUT2D eigenvalue weighted by Crippen LogP contribution is 2.47. The molecule has 33 heavy (non-hydrogen) atoms. The molecule has 1 aromatic rings. The monoisotopic (exact) mass is 480 g/mol. The molecule has 0 aliphatic heterocycles. The quantitative estimate of drug-likeness (QED) is 0.379. The fourth-order valence-electron chi connectivity index (χ4n) is 3.99. The van der Waals surface area contributed by atoms with Crippen molar-refractivity contribution in [3.05, 3.63) is 30.1 Å². The van der Waals surface area contributed by atoms with Gasteiger partial charge in [-0.15, -0.1) is 0 Å². The minimum atomic E-state index is -1.84. The summed E-state index contributed by atoms with van der Waals surface area (Å²) in [4.78, 5) is 29.6. The number of aromatic nitrogens is 1. The van der Waals surface area contributed by atoms with Gasteiger partial charge in [0.1, 0.15) is 17.2 Å². The molecule has 1 aromatic heterocycles. The molecule has 0 saturated heterocycles. The van der Waals surface area contributed by atoms with Gasteiger partial charge in [0.2, 0.25) is 0 Å². The van der Waals surface area contributed by atoms with Gasteiger partial charge in [-0.3, -0.25) is 4.98 Å². The number of amides is 1. The first-order chi connectivity index (χ1) is 15.2. The van der Waals surface area contributed by atoms with E-state index in [1.54, 1.807) is 47.7 Å². The Kier molecular flexibility index (Phi) is 8.90. The smallest absolute Gasteiger partial charge is 0.408 e. The molecule has 1 aliphatic carbocycles. The van der Waals surface area contributed by atoms with E-state index >= 15 is 0 Å². The van der Waals surface area contributed by atoms with Gasteiger partial charge in [0.25, 0.3) is 0 Å². The van der Waals surface area contributed by atoms with Crippen LogP contribution in [0.4, 0.5) is 4.79 Å². The highest BCUT2D eigenvalue weighted by molar-refractivity contribution is 7.74. The summed E-state index contributed by atoms with van der Waals surface area (Å²) >= 11 is 0. The lowest BCUT2D eigenvalue weighted by atomic mass is 9.63. The second-order valence-corrected chi connectivity index (χ2v) is 12.0. The summed E-state index contributed by atoms with van der Waals surface area (Å²) < 4.78 is 31.1. The van der Waals surface area contributed by atoms with Gasteiger partial charge in [-0.2, -0.15) is 10.6 Å². The molecule has 1 fully saturated rings. The van der Waals surface area contributed by atoms with Crippen molar-refractivity contribution in [3.63, 3.8) is 0 Å². The molecule has 1 aliphatic rings. The number of esters is 1. The summed E-state index contributed by atoms with van der Waals surface area (Å²) in [5.74, 6) is -0.578. The molecule has 1 heterocycles. The zero-order chi connectivity index (χ0) is 24.9. The predicted molar refractivity (Wildman–Crippen MR) is 127 cm³/mol. The molecule has 0 spiro atoms. The highest BCUT2D eigenvalue weighted by Gasteiger charge is 2.40. The van der Waals surface area contributed by atoms with E-state index in [1.807, 2.05) is 18.2 Å². The molecule has 1 amide bonds. The molecule has 2 N–H and O–H groups in total. The van der Waals surface area contributed by atoms with E-state index in [0.717, 1.165) is 25.0 Å². The highest BCUT2D eigenvalue weighted by atomic mass is 32.2. The van der Waals surface area contributed by atoms with Crippen LogP contribution in [0.15, 0.2) is 24.4 Å². The van der Waals surface area contributed by atoms with Crippen molar-refractivity contribution in [3.8, 4) is 0 Å². The predicted octanol–water partition coefficient (Wildman–Crippen LogP) is 5.00. The molecular formula is C24H38N3O5S-. The lowest BCUT2D eigenvalue weighted by Crippen LogP contribution is -2.46. The van der Waals surface area contributed by atoms with Crippen molar-refractivity contribution < 1.29 is 23.3 Å². The molecule has 2 rings (SSSR count). The van der Waals surface area contributed by atoms with Crippen LogP contribution in [0.25, 0.3) is 0 Å². The maximum Gasteiger partial charge on any atom is 0.408 e. The van der Waals surface area contributed by atoms with Gasteiger partial charge in [-0.25, -0.2) is 9.59 Å². The summed E-state index contributed by atoms with van der Waals surface area (Å²) in [6.07, 6.45) is 5.04. The Morgan fingerprint density at radius 1 is 1.12 bits per heavy atom. The fraction of sp³-hybridized carbons (Fsp3) is 0.708. The summed E-state index contributed by atoms with van der Waals surface area (Å²) in [7, 11) is -1.84. The van der Waals surface area contributed by atoms with Gasteiger partial charge in [-0.05, 0) is 72.9 Å². The maximum atomic E-state index is 12.8. The van der Waals surface area contributed by atoms with Crippen molar-refractivity contribution >= 4 is 22.7 Å². The van der Waals surface area contributed by atoms with E-state index in [4.69, 9.17) is 14.3 Å². The van der Waals surface area contributed by atoms with E-state index in [1.165, 1.54) is 0 Å². The van der Waals surface area contributed by atoms with Gasteiger partial charge in [0.05, 0.1) is 0 Å². The third kappa shape index (κ3) is 8.61. The molecule has 0 radical (unpaired) electrons. The summed E-state index contributed by atoms with van der Waals surface area (Å²) in [5.41, 5.74) is -0.671. The minimum Gasteiger partial charge on any atom is -0.458 e. The van der Waals surface area contributed by atoms with Crippen LogP contribution in [0.2, 0.25) is 0 Å². The second-order valence-electron chi connectivity index (χ2n) is 10.8. The van der Waals surface area contributed by atoms with Gasteiger partial charge in [-0.1, -0.05) is 30.6 Å². The largest absolute Gasteiger partial charge is 0.458 e. The van der Waals surface area contributed by atoms with Gasteiger partial charge in [0.15, 0.2) is 0 Å². The summed E-state index contributed by atoms with van der Waals surface area (Å²) in [5, 5.41) is 2.14. The van der Waals surface area contributed by atoms with Gasteiger partial charge < -0.3 is 23.8 Å². The van der Waals surface area contributed by atoms with Gasteiger partial charge in [0, 0.05) is 17.3 Å². The van der Waals surface area contributed by atoms with E-state index in [2.05, 4.69) is 10.3 Å². The lowest BCUT2D eigenvalue weighted by molar-refractivity contribution is -0.157. The second kappa shape index (κ2) is 10.8. The van der Waals surface area contributed by atoms with Crippen LogP contribution in [0, 0.1) is 4.78 Å². The zero-order valence-corrected chi connectivity index (χ0v) is 21.4. The van der Waals surface area contributed by atoms with E-state index in [9.17, 15) is 13.8 Å². The molecule has 0 unspecified atom stereocenters. The number of nitrogens with zero attached hydrogens (tertiary/aromatic N) is 1. The number of carbonyl (C=O) groups is 2. The third-order valence-electron chi connectivity index (χ3n) is 5.60. The Hall–Kier alpha value is -2.16. The number of hydrogen-bond acceptors (Lipinski definition) is 8. The van der Waals surface area contributed by atoms with Crippen LogP contribution >= 0.6 is 0 Å². The molecular weight excluding hydrogens is 442 g/mol. The summed E-state index contributed by atoms with van der Waals surface area (Å²) in [6.45, 7) is 10.5. The number of alkyl carbamates (subject to hydrolysis) is 1. The average molecular weight is 481 g/mol. The lowest BCUT2D eigenvalue weighted by Gasteiger charge is -2.45. The molecule has 1 saturated carbocycles. The normalized spacial score (nSPS) is 17.5. The van der Waals surface area contributed by atoms with Crippen LogP contribution in [0.1, 0.15) is 85.8 Å². The van der Waals surface area contributed by atoms with Crippen LogP contribution < -0.4 is 5.32 Å². The zero-order valence-electron chi connectivity index (χ0n) is 20.6. The fourth-order valence-corrected chi connectivity index (χ4v) is 4.81. The van der Waals surface area contributed by atoms with Crippen molar-refractivity contribution in [2.75, 3.05) is 0 Å². The number of carbonyl (C=O) groups excluding carboxylic acids is 2. The first-order valence-corrected chi connectivity index (χ1v) is 12.7. The Morgan fingerprint density at radius 2 is 1.76 bits per heavy atom. The van der Waals surface area contributed by atoms with E-state index < -0.39 is 45.2 Å². The Morgan fingerprint density at radius 3 is 2.21 bits per heavy atom. The van der Waals surface area contributed by atoms with Crippen LogP contribution in [0.5, 0.6) is 0 Å². The van der Waals surface area contributed by atoms with Crippen molar-refractivity contribution in [2.45, 2.75) is 108 Å². The van der Waals surface area contributed by atoms with Crippen LogP contribution in [0.3, 0.4) is 0 Å². The standard InChI is InChI=1S/C24H38N3O5S/c1-22(2,3)31-20(28)18(27-21(29)32-23(4,5)6)12-11-17(33(25)30)16-24(13-9-14-24)19-10-7-8-15-26-19/h7-8,10,15,17-18,25H,9,11-14,16H2,1-6H3,(H,27,29)/q-1/t17-,18-/m0/s1. The molecule has 186 valence electrons. The average Bonchev–Trinajstić information content (AvgIpc) is 2.63. The molecule has 2 atom stereocenters. The number of pyridine rings is 1. The van der Waals surface area contributed by atoms with E-state index in [-0.39, 0.29) is 11.8 Å².